The van der Waals surface area contributed by atoms with Crippen molar-refractivity contribution < 1.29 is 14.0 Å². The SMILES string of the molecule is CCC(=O)[C@@H]1CCCN(c2cc(C)cc(F)c2)C1=O. The van der Waals surface area contributed by atoms with E-state index in [4.69, 9.17) is 0 Å². The summed E-state index contributed by atoms with van der Waals surface area (Å²) >= 11 is 0. The molecule has 1 aliphatic rings. The second kappa shape index (κ2) is 5.51. The van der Waals surface area contributed by atoms with Crippen LogP contribution in [0.25, 0.3) is 0 Å². The van der Waals surface area contributed by atoms with Crippen LogP contribution in [0.4, 0.5) is 10.1 Å². The molecule has 0 unspecified atom stereocenters. The first-order valence-corrected chi connectivity index (χ1v) is 6.64. The molecule has 102 valence electrons. The van der Waals surface area contributed by atoms with E-state index in [0.29, 0.717) is 25.1 Å². The topological polar surface area (TPSA) is 37.4 Å². The van der Waals surface area contributed by atoms with Crippen LogP contribution in [0.3, 0.4) is 0 Å². The predicted octanol–water partition coefficient (Wildman–Crippen LogP) is 2.86. The number of aryl methyl sites for hydroxylation is 1. The van der Waals surface area contributed by atoms with Crippen LogP contribution in [-0.2, 0) is 9.59 Å². The van der Waals surface area contributed by atoms with E-state index in [2.05, 4.69) is 0 Å². The number of carbonyl (C=O) groups excluding carboxylic acids is 2. The highest BCUT2D eigenvalue weighted by Gasteiger charge is 2.33. The third-order valence-corrected chi connectivity index (χ3v) is 3.51. The average molecular weight is 263 g/mol. The van der Waals surface area contributed by atoms with Crippen molar-refractivity contribution in [1.29, 1.82) is 0 Å². The highest BCUT2D eigenvalue weighted by atomic mass is 19.1. The van der Waals surface area contributed by atoms with Gasteiger partial charge < -0.3 is 4.90 Å². The molecule has 1 amide bonds. The number of hydrogen-bond acceptors (Lipinski definition) is 2. The third-order valence-electron chi connectivity index (χ3n) is 3.51. The number of nitrogens with zero attached hydrogens (tertiary/aromatic N) is 1. The molecule has 19 heavy (non-hydrogen) atoms. The van der Waals surface area contributed by atoms with Crippen LogP contribution in [-0.4, -0.2) is 18.2 Å². The van der Waals surface area contributed by atoms with Crippen molar-refractivity contribution in [3.8, 4) is 0 Å². The van der Waals surface area contributed by atoms with E-state index in [9.17, 15) is 14.0 Å². The first kappa shape index (κ1) is 13.7. The molecule has 0 N–H and O–H groups in total. The summed E-state index contributed by atoms with van der Waals surface area (Å²) in [6.45, 7) is 4.10. The van der Waals surface area contributed by atoms with Gasteiger partial charge in [-0.1, -0.05) is 6.92 Å². The lowest BCUT2D eigenvalue weighted by atomic mass is 9.91. The zero-order valence-electron chi connectivity index (χ0n) is 11.3. The molecule has 1 fully saturated rings. The molecule has 1 atom stereocenters. The van der Waals surface area contributed by atoms with Gasteiger partial charge in [-0.25, -0.2) is 4.39 Å². The highest BCUT2D eigenvalue weighted by Crippen LogP contribution is 2.27. The van der Waals surface area contributed by atoms with E-state index >= 15 is 0 Å². The zero-order chi connectivity index (χ0) is 14.0. The van der Waals surface area contributed by atoms with Crippen molar-refractivity contribution in [2.24, 2.45) is 5.92 Å². The standard InChI is InChI=1S/C15H18FNO2/c1-3-14(18)13-5-4-6-17(15(13)19)12-8-10(2)7-11(16)9-12/h7-9,13H,3-6H2,1-2H3/t13-/m0/s1. The number of Topliss-reactive ketones (excluding diaryl/α,β-unsaturated/α-hetero) is 1. The van der Waals surface area contributed by atoms with Crippen LogP contribution in [0, 0.1) is 18.7 Å². The minimum absolute atomic E-state index is 0.0252. The molecule has 0 aliphatic carbocycles. The zero-order valence-corrected chi connectivity index (χ0v) is 11.3. The van der Waals surface area contributed by atoms with Gasteiger partial charge in [0.05, 0.1) is 5.92 Å². The van der Waals surface area contributed by atoms with Crippen LogP contribution in [0.2, 0.25) is 0 Å². The van der Waals surface area contributed by atoms with Crippen molar-refractivity contribution in [3.05, 3.63) is 29.6 Å². The van der Waals surface area contributed by atoms with Gasteiger partial charge in [-0.2, -0.15) is 0 Å². The molecule has 1 heterocycles. The molecule has 0 aromatic heterocycles. The van der Waals surface area contributed by atoms with E-state index in [1.807, 2.05) is 0 Å². The van der Waals surface area contributed by atoms with Crippen LogP contribution < -0.4 is 4.90 Å². The number of rotatable bonds is 3. The van der Waals surface area contributed by atoms with Gasteiger partial charge in [-0.05, 0) is 43.5 Å². The molecule has 0 radical (unpaired) electrons. The lowest BCUT2D eigenvalue weighted by Crippen LogP contribution is -2.44. The van der Waals surface area contributed by atoms with E-state index in [1.54, 1.807) is 19.9 Å². The van der Waals surface area contributed by atoms with E-state index in [1.165, 1.54) is 17.0 Å². The predicted molar refractivity (Wildman–Crippen MR) is 71.5 cm³/mol. The molecule has 0 saturated carbocycles. The fourth-order valence-electron chi connectivity index (χ4n) is 2.55. The summed E-state index contributed by atoms with van der Waals surface area (Å²) in [4.78, 5) is 25.6. The van der Waals surface area contributed by atoms with Gasteiger partial charge in [-0.15, -0.1) is 0 Å². The molecule has 3 nitrogen and oxygen atoms in total. The molecule has 1 aliphatic heterocycles. The maximum absolute atomic E-state index is 13.4. The summed E-state index contributed by atoms with van der Waals surface area (Å²) in [5.41, 5.74) is 1.32. The number of ketones is 1. The summed E-state index contributed by atoms with van der Waals surface area (Å²) in [5.74, 6) is -1.13. The molecule has 1 aromatic rings. The number of piperidine rings is 1. The van der Waals surface area contributed by atoms with Crippen molar-refractivity contribution >= 4 is 17.4 Å². The Bertz CT molecular complexity index is 493. The normalized spacial score (nSPS) is 19.6. The number of carbonyl (C=O) groups is 2. The summed E-state index contributed by atoms with van der Waals surface area (Å²) < 4.78 is 13.4. The number of benzene rings is 1. The monoisotopic (exact) mass is 263 g/mol. The third kappa shape index (κ3) is 2.83. The number of halogens is 1. The Hall–Kier alpha value is -1.71. The van der Waals surface area contributed by atoms with Gasteiger partial charge in [0.15, 0.2) is 0 Å². The summed E-state index contributed by atoms with van der Waals surface area (Å²) in [5, 5.41) is 0. The highest BCUT2D eigenvalue weighted by molar-refractivity contribution is 6.08. The molecule has 2 rings (SSSR count). The summed E-state index contributed by atoms with van der Waals surface area (Å²) in [7, 11) is 0. The molecular weight excluding hydrogens is 245 g/mol. The number of anilines is 1. The molecule has 1 saturated heterocycles. The van der Waals surface area contributed by atoms with Crippen LogP contribution in [0.5, 0.6) is 0 Å². The quantitative estimate of drug-likeness (QED) is 0.786. The minimum Gasteiger partial charge on any atom is -0.312 e. The average Bonchev–Trinajstić information content (AvgIpc) is 2.37. The van der Waals surface area contributed by atoms with E-state index in [-0.39, 0.29) is 17.5 Å². The fraction of sp³-hybridized carbons (Fsp3) is 0.467. The fourth-order valence-corrected chi connectivity index (χ4v) is 2.55. The van der Waals surface area contributed by atoms with Gasteiger partial charge in [0.2, 0.25) is 5.91 Å². The maximum atomic E-state index is 13.4. The van der Waals surface area contributed by atoms with Crippen LogP contribution in [0.1, 0.15) is 31.7 Å². The van der Waals surface area contributed by atoms with Crippen LogP contribution in [0.15, 0.2) is 18.2 Å². The summed E-state index contributed by atoms with van der Waals surface area (Å²) in [6.07, 6.45) is 1.75. The lowest BCUT2D eigenvalue weighted by molar-refractivity contribution is -0.133. The van der Waals surface area contributed by atoms with Crippen molar-refractivity contribution in [2.45, 2.75) is 33.1 Å². The van der Waals surface area contributed by atoms with Gasteiger partial charge in [-0.3, -0.25) is 9.59 Å². The molecule has 0 spiro atoms. The first-order chi connectivity index (χ1) is 9.02. The van der Waals surface area contributed by atoms with E-state index < -0.39 is 5.92 Å². The van der Waals surface area contributed by atoms with Gasteiger partial charge in [0.1, 0.15) is 11.6 Å². The van der Waals surface area contributed by atoms with Crippen LogP contribution >= 0.6 is 0 Å². The largest absolute Gasteiger partial charge is 0.312 e. The molecule has 1 aromatic carbocycles. The summed E-state index contributed by atoms with van der Waals surface area (Å²) in [6, 6.07) is 4.55. The number of amides is 1. The van der Waals surface area contributed by atoms with Gasteiger partial charge in [0.25, 0.3) is 0 Å². The second-order valence-corrected chi connectivity index (χ2v) is 4.99. The Morgan fingerprint density at radius 1 is 1.42 bits per heavy atom. The first-order valence-electron chi connectivity index (χ1n) is 6.64. The second-order valence-electron chi connectivity index (χ2n) is 4.99. The van der Waals surface area contributed by atoms with Crippen molar-refractivity contribution in [3.63, 3.8) is 0 Å². The number of hydrogen-bond donors (Lipinski definition) is 0. The Morgan fingerprint density at radius 3 is 2.79 bits per heavy atom. The van der Waals surface area contributed by atoms with Crippen molar-refractivity contribution in [1.82, 2.24) is 0 Å². The van der Waals surface area contributed by atoms with Gasteiger partial charge in [0, 0.05) is 18.7 Å². The van der Waals surface area contributed by atoms with Crippen molar-refractivity contribution in [2.75, 3.05) is 11.4 Å². The lowest BCUT2D eigenvalue weighted by Gasteiger charge is -2.31. The Balaban J connectivity index is 2.29. The maximum Gasteiger partial charge on any atom is 0.237 e. The molecule has 0 bridgehead atoms. The Labute approximate surface area is 112 Å². The smallest absolute Gasteiger partial charge is 0.237 e. The van der Waals surface area contributed by atoms with E-state index in [0.717, 1.165) is 12.0 Å². The molecular formula is C15H18FNO2. The van der Waals surface area contributed by atoms with Gasteiger partial charge >= 0.3 is 0 Å². The Morgan fingerprint density at radius 2 is 2.16 bits per heavy atom. The minimum atomic E-state index is -0.553. The molecule has 4 heteroatoms. The Kier molecular flexibility index (Phi) is 3.98.